The molecule has 0 bridgehead atoms. The lowest BCUT2D eigenvalue weighted by molar-refractivity contribution is -0.115. The maximum atomic E-state index is 12.8. The second kappa shape index (κ2) is 6.14. The van der Waals surface area contributed by atoms with Crippen LogP contribution in [0, 0.1) is 5.82 Å². The van der Waals surface area contributed by atoms with Crippen LogP contribution in [-0.4, -0.2) is 20.6 Å². The second-order valence-corrected chi connectivity index (χ2v) is 7.52. The molecule has 0 saturated heterocycles. The van der Waals surface area contributed by atoms with E-state index in [4.69, 9.17) is 5.73 Å². The minimum atomic E-state index is -1.08. The van der Waals surface area contributed by atoms with Crippen LogP contribution in [0.2, 0.25) is 0 Å². The fourth-order valence-corrected chi connectivity index (χ4v) is 2.33. The van der Waals surface area contributed by atoms with Gasteiger partial charge >= 0.3 is 0 Å². The summed E-state index contributed by atoms with van der Waals surface area (Å²) in [6.07, 6.45) is 0.140. The zero-order valence-electron chi connectivity index (χ0n) is 11.3. The van der Waals surface area contributed by atoms with Gasteiger partial charge in [-0.3, -0.25) is 9.00 Å². The summed E-state index contributed by atoms with van der Waals surface area (Å²) in [4.78, 5) is 11.7. The van der Waals surface area contributed by atoms with Crippen molar-refractivity contribution in [3.63, 3.8) is 0 Å². The van der Waals surface area contributed by atoms with E-state index in [2.05, 4.69) is 5.32 Å². The standard InChI is InChI=1S/C13H19FN2O2S/c1-13(2,3)19(18)7-6-12(17)16-11-5-4-9(14)8-10(11)15/h4-5,8H,6-7,15H2,1-3H3,(H,16,17). The molecule has 1 amide bonds. The van der Waals surface area contributed by atoms with Crippen LogP contribution >= 0.6 is 0 Å². The highest BCUT2D eigenvalue weighted by Crippen LogP contribution is 2.19. The zero-order chi connectivity index (χ0) is 14.6. The van der Waals surface area contributed by atoms with Crippen LogP contribution in [-0.2, 0) is 15.6 Å². The van der Waals surface area contributed by atoms with Crippen molar-refractivity contribution in [3.05, 3.63) is 24.0 Å². The molecule has 1 aromatic rings. The van der Waals surface area contributed by atoms with Crippen molar-refractivity contribution < 1.29 is 13.4 Å². The van der Waals surface area contributed by atoms with Gasteiger partial charge in [0.2, 0.25) is 5.91 Å². The summed E-state index contributed by atoms with van der Waals surface area (Å²) in [6, 6.07) is 3.77. The number of nitrogens with two attached hydrogens (primary N) is 1. The van der Waals surface area contributed by atoms with E-state index in [1.807, 2.05) is 20.8 Å². The van der Waals surface area contributed by atoms with Crippen molar-refractivity contribution in [2.24, 2.45) is 0 Å². The number of halogens is 1. The molecule has 0 aliphatic heterocycles. The van der Waals surface area contributed by atoms with E-state index >= 15 is 0 Å². The van der Waals surface area contributed by atoms with Gasteiger partial charge in [0, 0.05) is 27.7 Å². The molecule has 1 unspecified atom stereocenters. The SMILES string of the molecule is CC(C)(C)S(=O)CCC(=O)Nc1ccc(F)cc1N. The molecule has 0 spiro atoms. The Labute approximate surface area is 115 Å². The normalized spacial score (nSPS) is 13.1. The molecule has 6 heteroatoms. The topological polar surface area (TPSA) is 72.2 Å². The number of hydrogen-bond acceptors (Lipinski definition) is 3. The summed E-state index contributed by atoms with van der Waals surface area (Å²) in [5, 5.41) is 2.58. The maximum Gasteiger partial charge on any atom is 0.225 e. The number of carbonyl (C=O) groups excluding carboxylic acids is 1. The van der Waals surface area contributed by atoms with Gasteiger partial charge in [0.25, 0.3) is 0 Å². The molecule has 4 nitrogen and oxygen atoms in total. The molecule has 0 aliphatic carbocycles. The number of carbonyl (C=O) groups is 1. The van der Waals surface area contributed by atoms with E-state index in [0.29, 0.717) is 5.69 Å². The van der Waals surface area contributed by atoms with E-state index in [1.165, 1.54) is 12.1 Å². The lowest BCUT2D eigenvalue weighted by Crippen LogP contribution is -2.26. The van der Waals surface area contributed by atoms with Crippen molar-refractivity contribution in [2.45, 2.75) is 31.9 Å². The highest BCUT2D eigenvalue weighted by molar-refractivity contribution is 7.86. The molecule has 0 aliphatic rings. The quantitative estimate of drug-likeness (QED) is 0.834. The molecular weight excluding hydrogens is 267 g/mol. The fraction of sp³-hybridized carbons (Fsp3) is 0.462. The van der Waals surface area contributed by atoms with E-state index in [0.717, 1.165) is 6.07 Å². The molecule has 0 saturated carbocycles. The van der Waals surface area contributed by atoms with E-state index in [1.54, 1.807) is 0 Å². The predicted octanol–water partition coefficient (Wildman–Crippen LogP) is 2.28. The Hall–Kier alpha value is -1.43. The van der Waals surface area contributed by atoms with Crippen molar-refractivity contribution in [2.75, 3.05) is 16.8 Å². The predicted molar refractivity (Wildman–Crippen MR) is 76.8 cm³/mol. The first kappa shape index (κ1) is 15.6. The highest BCUT2D eigenvalue weighted by Gasteiger charge is 2.20. The van der Waals surface area contributed by atoms with Gasteiger partial charge in [-0.25, -0.2) is 4.39 Å². The Morgan fingerprint density at radius 1 is 1.42 bits per heavy atom. The monoisotopic (exact) mass is 286 g/mol. The number of nitrogen functional groups attached to an aromatic ring is 1. The minimum Gasteiger partial charge on any atom is -0.397 e. The van der Waals surface area contributed by atoms with Crippen LogP contribution in [0.25, 0.3) is 0 Å². The van der Waals surface area contributed by atoms with Crippen LogP contribution in [0.1, 0.15) is 27.2 Å². The Morgan fingerprint density at radius 2 is 2.05 bits per heavy atom. The Morgan fingerprint density at radius 3 is 2.58 bits per heavy atom. The number of benzene rings is 1. The second-order valence-electron chi connectivity index (χ2n) is 5.19. The first-order chi connectivity index (χ1) is 8.70. The molecule has 106 valence electrons. The first-order valence-corrected chi connectivity index (χ1v) is 7.25. The van der Waals surface area contributed by atoms with E-state index < -0.39 is 16.6 Å². The van der Waals surface area contributed by atoms with Crippen molar-refractivity contribution in [3.8, 4) is 0 Å². The number of rotatable bonds is 4. The molecule has 19 heavy (non-hydrogen) atoms. The Bertz CT molecular complexity index is 498. The van der Waals surface area contributed by atoms with Gasteiger partial charge in [0.1, 0.15) is 5.82 Å². The summed E-state index contributed by atoms with van der Waals surface area (Å²) in [6.45, 7) is 5.58. The third-order valence-electron chi connectivity index (χ3n) is 2.49. The summed E-state index contributed by atoms with van der Waals surface area (Å²) in [7, 11) is -1.08. The van der Waals surface area contributed by atoms with Crippen molar-refractivity contribution >= 4 is 28.1 Å². The molecule has 0 radical (unpaired) electrons. The molecule has 1 rings (SSSR count). The van der Waals surface area contributed by atoms with Gasteiger partial charge in [0.15, 0.2) is 0 Å². The number of hydrogen-bond donors (Lipinski definition) is 2. The zero-order valence-corrected chi connectivity index (χ0v) is 12.1. The molecule has 0 aromatic heterocycles. The molecular formula is C13H19FN2O2S. The van der Waals surface area contributed by atoms with Gasteiger partial charge in [-0.1, -0.05) is 0 Å². The molecule has 1 atom stereocenters. The number of amides is 1. The molecule has 1 aromatic carbocycles. The van der Waals surface area contributed by atoms with Crippen molar-refractivity contribution in [1.82, 2.24) is 0 Å². The smallest absolute Gasteiger partial charge is 0.225 e. The minimum absolute atomic E-state index is 0.140. The summed E-state index contributed by atoms with van der Waals surface area (Å²) in [5.41, 5.74) is 6.12. The average Bonchev–Trinajstić information content (AvgIpc) is 2.28. The molecule has 0 fully saturated rings. The third kappa shape index (κ3) is 4.98. The first-order valence-electron chi connectivity index (χ1n) is 5.93. The van der Waals surface area contributed by atoms with E-state index in [-0.39, 0.29) is 28.5 Å². The van der Waals surface area contributed by atoms with Gasteiger partial charge in [-0.05, 0) is 39.0 Å². The molecule has 3 N–H and O–H groups in total. The van der Waals surface area contributed by atoms with Gasteiger partial charge in [0.05, 0.1) is 11.4 Å². The fourth-order valence-electron chi connectivity index (χ4n) is 1.35. The lowest BCUT2D eigenvalue weighted by atomic mass is 10.2. The Balaban J connectivity index is 2.54. The van der Waals surface area contributed by atoms with Crippen LogP contribution in [0.15, 0.2) is 18.2 Å². The summed E-state index contributed by atoms with van der Waals surface area (Å²) >= 11 is 0. The Kier molecular flexibility index (Phi) is 5.05. The van der Waals surface area contributed by atoms with Crippen LogP contribution in [0.5, 0.6) is 0 Å². The maximum absolute atomic E-state index is 12.8. The van der Waals surface area contributed by atoms with Crippen LogP contribution < -0.4 is 11.1 Å². The average molecular weight is 286 g/mol. The summed E-state index contributed by atoms with van der Waals surface area (Å²) in [5.74, 6) is -0.448. The van der Waals surface area contributed by atoms with Crippen molar-refractivity contribution in [1.29, 1.82) is 0 Å². The number of anilines is 2. The lowest BCUT2D eigenvalue weighted by Gasteiger charge is -2.17. The van der Waals surface area contributed by atoms with Gasteiger partial charge < -0.3 is 11.1 Å². The van der Waals surface area contributed by atoms with Gasteiger partial charge in [-0.15, -0.1) is 0 Å². The number of nitrogens with one attached hydrogen (secondary N) is 1. The largest absolute Gasteiger partial charge is 0.397 e. The van der Waals surface area contributed by atoms with Gasteiger partial charge in [-0.2, -0.15) is 0 Å². The third-order valence-corrected chi connectivity index (χ3v) is 4.43. The van der Waals surface area contributed by atoms with Crippen LogP contribution in [0.4, 0.5) is 15.8 Å². The summed E-state index contributed by atoms with van der Waals surface area (Å²) < 4.78 is 24.3. The van der Waals surface area contributed by atoms with Crippen LogP contribution in [0.3, 0.4) is 0 Å². The highest BCUT2D eigenvalue weighted by atomic mass is 32.2. The van der Waals surface area contributed by atoms with E-state index in [9.17, 15) is 13.4 Å². The molecule has 0 heterocycles.